The van der Waals surface area contributed by atoms with Gasteiger partial charge in [-0.1, -0.05) is 12.1 Å². The number of esters is 1. The van der Waals surface area contributed by atoms with Gasteiger partial charge in [0.2, 0.25) is 5.78 Å². The highest BCUT2D eigenvalue weighted by molar-refractivity contribution is 5.99. The number of aromatic nitrogens is 3. The molecule has 0 bridgehead atoms. The van der Waals surface area contributed by atoms with Crippen molar-refractivity contribution >= 4 is 22.7 Å². The van der Waals surface area contributed by atoms with Crippen LogP contribution in [0.15, 0.2) is 35.1 Å². The molecule has 2 heterocycles. The SMILES string of the molecule is Cc1cc(C(=O)COC(=O)CCc2nc3ccccc3c(=O)n2C)c(C)n1C. The first kappa shape index (κ1) is 19.5. The van der Waals surface area contributed by atoms with Crippen molar-refractivity contribution in [3.63, 3.8) is 0 Å². The number of ketones is 1. The third-order valence-corrected chi connectivity index (χ3v) is 5.07. The molecular weight excluding hydrogens is 358 g/mol. The van der Waals surface area contributed by atoms with Gasteiger partial charge in [-0.2, -0.15) is 0 Å². The molecule has 0 atom stereocenters. The Morgan fingerprint density at radius 2 is 1.82 bits per heavy atom. The lowest BCUT2D eigenvalue weighted by atomic mass is 10.1. The minimum absolute atomic E-state index is 0.0404. The fraction of sp³-hybridized carbons (Fsp3) is 0.333. The van der Waals surface area contributed by atoms with Gasteiger partial charge in [-0.05, 0) is 32.0 Å². The number of fused-ring (bicyclic) bond motifs is 1. The Bertz CT molecular complexity index is 1120. The molecule has 0 saturated heterocycles. The molecule has 2 aromatic heterocycles. The quantitative estimate of drug-likeness (QED) is 0.483. The molecule has 0 fully saturated rings. The van der Waals surface area contributed by atoms with Crippen molar-refractivity contribution in [2.45, 2.75) is 26.7 Å². The van der Waals surface area contributed by atoms with Crippen LogP contribution in [0.1, 0.15) is 34.0 Å². The molecule has 3 rings (SSSR count). The molecule has 28 heavy (non-hydrogen) atoms. The summed E-state index contributed by atoms with van der Waals surface area (Å²) < 4.78 is 8.49. The molecule has 0 N–H and O–H groups in total. The Hall–Kier alpha value is -3.22. The van der Waals surface area contributed by atoms with Crippen molar-refractivity contribution in [3.8, 4) is 0 Å². The van der Waals surface area contributed by atoms with Crippen LogP contribution in [0.4, 0.5) is 0 Å². The van der Waals surface area contributed by atoms with Crippen LogP contribution < -0.4 is 5.56 Å². The molecule has 146 valence electrons. The molecule has 0 unspecified atom stereocenters. The van der Waals surface area contributed by atoms with Gasteiger partial charge in [-0.3, -0.25) is 19.0 Å². The monoisotopic (exact) mass is 381 g/mol. The topological polar surface area (TPSA) is 83.2 Å². The second-order valence-electron chi connectivity index (χ2n) is 6.84. The zero-order chi connectivity index (χ0) is 20.4. The zero-order valence-electron chi connectivity index (χ0n) is 16.5. The highest BCUT2D eigenvalue weighted by Gasteiger charge is 2.16. The van der Waals surface area contributed by atoms with Crippen molar-refractivity contribution in [2.75, 3.05) is 6.61 Å². The lowest BCUT2D eigenvalue weighted by Crippen LogP contribution is -2.23. The summed E-state index contributed by atoms with van der Waals surface area (Å²) >= 11 is 0. The van der Waals surface area contributed by atoms with Crippen molar-refractivity contribution in [1.29, 1.82) is 0 Å². The summed E-state index contributed by atoms with van der Waals surface area (Å²) in [6, 6.07) is 8.88. The molecule has 0 aliphatic carbocycles. The summed E-state index contributed by atoms with van der Waals surface area (Å²) in [7, 11) is 3.51. The van der Waals surface area contributed by atoms with Gasteiger partial charge in [-0.15, -0.1) is 0 Å². The minimum Gasteiger partial charge on any atom is -0.457 e. The zero-order valence-corrected chi connectivity index (χ0v) is 16.5. The number of Topliss-reactive ketones (excluding diaryl/α,β-unsaturated/α-hetero) is 1. The Morgan fingerprint density at radius 3 is 2.50 bits per heavy atom. The van der Waals surface area contributed by atoms with Gasteiger partial charge in [0.15, 0.2) is 6.61 Å². The molecule has 0 radical (unpaired) electrons. The molecule has 0 saturated carbocycles. The molecule has 1 aromatic carbocycles. The Labute approximate surface area is 162 Å². The highest BCUT2D eigenvalue weighted by Crippen LogP contribution is 2.14. The van der Waals surface area contributed by atoms with E-state index in [9.17, 15) is 14.4 Å². The second-order valence-corrected chi connectivity index (χ2v) is 6.84. The van der Waals surface area contributed by atoms with E-state index in [4.69, 9.17) is 4.74 Å². The molecular formula is C21H23N3O4. The molecule has 0 aliphatic rings. The van der Waals surface area contributed by atoms with Crippen LogP contribution in [0, 0.1) is 13.8 Å². The van der Waals surface area contributed by atoms with E-state index in [0.29, 0.717) is 22.3 Å². The number of hydrogen-bond acceptors (Lipinski definition) is 5. The van der Waals surface area contributed by atoms with Gasteiger partial charge >= 0.3 is 5.97 Å². The fourth-order valence-corrected chi connectivity index (χ4v) is 3.13. The number of ether oxygens (including phenoxy) is 1. The lowest BCUT2D eigenvalue weighted by Gasteiger charge is -2.09. The van der Waals surface area contributed by atoms with Crippen LogP contribution in [-0.2, 0) is 30.0 Å². The molecule has 0 spiro atoms. The summed E-state index contributed by atoms with van der Waals surface area (Å²) in [5, 5.41) is 0.537. The number of carbonyl (C=O) groups is 2. The number of carbonyl (C=O) groups excluding carboxylic acids is 2. The van der Waals surface area contributed by atoms with Crippen molar-refractivity contribution < 1.29 is 14.3 Å². The maximum absolute atomic E-state index is 12.4. The predicted octanol–water partition coefficient (Wildman–Crippen LogP) is 2.25. The third-order valence-electron chi connectivity index (χ3n) is 5.07. The normalized spacial score (nSPS) is 11.0. The second kappa shape index (κ2) is 7.80. The van der Waals surface area contributed by atoms with E-state index in [1.165, 1.54) is 4.57 Å². The maximum Gasteiger partial charge on any atom is 0.306 e. The lowest BCUT2D eigenvalue weighted by molar-refractivity contribution is -0.142. The average Bonchev–Trinajstić information content (AvgIpc) is 2.95. The van der Waals surface area contributed by atoms with E-state index in [2.05, 4.69) is 4.98 Å². The molecule has 3 aromatic rings. The average molecular weight is 381 g/mol. The summed E-state index contributed by atoms with van der Waals surface area (Å²) in [5.74, 6) is -0.228. The Balaban J connectivity index is 1.62. The van der Waals surface area contributed by atoms with Crippen molar-refractivity contribution in [2.24, 2.45) is 14.1 Å². The summed E-state index contributed by atoms with van der Waals surface area (Å²) in [4.78, 5) is 41.2. The van der Waals surface area contributed by atoms with Crippen molar-refractivity contribution in [3.05, 3.63) is 63.5 Å². The van der Waals surface area contributed by atoms with E-state index >= 15 is 0 Å². The maximum atomic E-state index is 12.4. The molecule has 0 amide bonds. The number of aryl methyl sites for hydroxylation is 2. The predicted molar refractivity (Wildman–Crippen MR) is 105 cm³/mol. The molecule has 0 aliphatic heterocycles. The highest BCUT2D eigenvalue weighted by atomic mass is 16.5. The summed E-state index contributed by atoms with van der Waals surface area (Å²) in [5.41, 5.74) is 2.81. The standard InChI is InChI=1S/C21H23N3O4/c1-13-11-16(14(2)23(13)3)18(25)12-28-20(26)10-9-19-22-17-8-6-5-7-15(17)21(27)24(19)4/h5-8,11H,9-10,12H2,1-4H3. The van der Waals surface area contributed by atoms with Gasteiger partial charge < -0.3 is 9.30 Å². The largest absolute Gasteiger partial charge is 0.457 e. The first-order valence-corrected chi connectivity index (χ1v) is 9.06. The van der Waals surface area contributed by atoms with E-state index in [0.717, 1.165) is 11.4 Å². The Morgan fingerprint density at radius 1 is 1.11 bits per heavy atom. The Kier molecular flexibility index (Phi) is 5.44. The first-order valence-electron chi connectivity index (χ1n) is 9.06. The van der Waals surface area contributed by atoms with Crippen LogP contribution in [0.3, 0.4) is 0 Å². The van der Waals surface area contributed by atoms with Crippen LogP contribution in [-0.4, -0.2) is 32.5 Å². The smallest absolute Gasteiger partial charge is 0.306 e. The number of nitrogens with zero attached hydrogens (tertiary/aromatic N) is 3. The summed E-state index contributed by atoms with van der Waals surface area (Å²) in [6.07, 6.45) is 0.297. The summed E-state index contributed by atoms with van der Waals surface area (Å²) in [6.45, 7) is 3.47. The van der Waals surface area contributed by atoms with E-state index in [1.54, 1.807) is 31.3 Å². The van der Waals surface area contributed by atoms with Gasteiger partial charge in [0.1, 0.15) is 5.82 Å². The van der Waals surface area contributed by atoms with Crippen molar-refractivity contribution in [1.82, 2.24) is 14.1 Å². The third kappa shape index (κ3) is 3.74. The van der Waals surface area contributed by atoms with Gasteiger partial charge in [-0.25, -0.2) is 4.98 Å². The number of hydrogen-bond donors (Lipinski definition) is 0. The number of para-hydroxylation sites is 1. The van der Waals surface area contributed by atoms with Crippen LogP contribution in [0.2, 0.25) is 0 Å². The van der Waals surface area contributed by atoms with E-state index < -0.39 is 5.97 Å². The van der Waals surface area contributed by atoms with Crippen LogP contribution >= 0.6 is 0 Å². The van der Waals surface area contributed by atoms with Gasteiger partial charge in [0.05, 0.1) is 17.3 Å². The molecule has 7 nitrogen and oxygen atoms in total. The molecule has 7 heteroatoms. The van der Waals surface area contributed by atoms with Crippen LogP contribution in [0.25, 0.3) is 10.9 Å². The van der Waals surface area contributed by atoms with Gasteiger partial charge in [0.25, 0.3) is 5.56 Å². The van der Waals surface area contributed by atoms with E-state index in [-0.39, 0.29) is 30.8 Å². The first-order chi connectivity index (χ1) is 13.3. The van der Waals surface area contributed by atoms with Crippen LogP contribution in [0.5, 0.6) is 0 Å². The fourth-order valence-electron chi connectivity index (χ4n) is 3.13. The van der Waals surface area contributed by atoms with Gasteiger partial charge in [0, 0.05) is 37.5 Å². The minimum atomic E-state index is -0.499. The number of rotatable bonds is 6. The van der Waals surface area contributed by atoms with E-state index in [1.807, 2.05) is 31.5 Å². The number of benzene rings is 1.